The maximum absolute atomic E-state index is 11.7. The van der Waals surface area contributed by atoms with Gasteiger partial charge in [-0.1, -0.05) is 13.0 Å². The molecule has 0 bridgehead atoms. The first-order valence-corrected chi connectivity index (χ1v) is 5.57. The van der Waals surface area contributed by atoms with Crippen LogP contribution in [0.4, 0.5) is 0 Å². The van der Waals surface area contributed by atoms with Gasteiger partial charge in [0.2, 0.25) is 5.76 Å². The predicted molar refractivity (Wildman–Crippen MR) is 64.1 cm³/mol. The lowest BCUT2D eigenvalue weighted by molar-refractivity contribution is -0.134. The minimum Gasteiger partial charge on any atom is -0.466 e. The SMILES string of the molecule is CCc1nc(C)c(C(=O)NC/C=C/C(=O)OC)o1. The van der Waals surface area contributed by atoms with Gasteiger partial charge in [0.15, 0.2) is 5.89 Å². The van der Waals surface area contributed by atoms with Gasteiger partial charge in [-0.3, -0.25) is 4.79 Å². The smallest absolute Gasteiger partial charge is 0.330 e. The van der Waals surface area contributed by atoms with Crippen molar-refractivity contribution in [1.29, 1.82) is 0 Å². The van der Waals surface area contributed by atoms with Crippen molar-refractivity contribution in [3.05, 3.63) is 29.5 Å². The molecule has 6 heteroatoms. The Morgan fingerprint density at radius 1 is 1.50 bits per heavy atom. The lowest BCUT2D eigenvalue weighted by Gasteiger charge is -1.98. The Labute approximate surface area is 105 Å². The van der Waals surface area contributed by atoms with Crippen LogP contribution in [0.5, 0.6) is 0 Å². The molecule has 0 aliphatic heterocycles. The van der Waals surface area contributed by atoms with Crippen molar-refractivity contribution in [1.82, 2.24) is 10.3 Å². The summed E-state index contributed by atoms with van der Waals surface area (Å²) in [5.74, 6) is -0.0800. The number of ether oxygens (including phenoxy) is 1. The van der Waals surface area contributed by atoms with Gasteiger partial charge in [-0.2, -0.15) is 0 Å². The van der Waals surface area contributed by atoms with E-state index >= 15 is 0 Å². The van der Waals surface area contributed by atoms with Crippen molar-refractivity contribution in [2.75, 3.05) is 13.7 Å². The summed E-state index contributed by atoms with van der Waals surface area (Å²) in [5.41, 5.74) is 0.557. The van der Waals surface area contributed by atoms with Gasteiger partial charge < -0.3 is 14.5 Å². The Bertz CT molecular complexity index is 463. The van der Waals surface area contributed by atoms with Crippen LogP contribution in [0.25, 0.3) is 0 Å². The Morgan fingerprint density at radius 3 is 2.78 bits per heavy atom. The second-order valence-corrected chi connectivity index (χ2v) is 3.51. The number of aryl methyl sites for hydroxylation is 2. The molecule has 0 fully saturated rings. The number of nitrogens with one attached hydrogen (secondary N) is 1. The van der Waals surface area contributed by atoms with E-state index in [4.69, 9.17) is 4.42 Å². The standard InChI is InChI=1S/C12H16N2O4/c1-4-9-14-8(2)11(18-9)12(16)13-7-5-6-10(15)17-3/h5-6H,4,7H2,1-3H3,(H,13,16)/b6-5+. The summed E-state index contributed by atoms with van der Waals surface area (Å²) >= 11 is 0. The summed E-state index contributed by atoms with van der Waals surface area (Å²) < 4.78 is 9.70. The van der Waals surface area contributed by atoms with Crippen LogP contribution in [0.15, 0.2) is 16.6 Å². The fourth-order valence-electron chi connectivity index (χ4n) is 1.27. The van der Waals surface area contributed by atoms with E-state index in [-0.39, 0.29) is 18.2 Å². The van der Waals surface area contributed by atoms with E-state index in [9.17, 15) is 9.59 Å². The fourth-order valence-corrected chi connectivity index (χ4v) is 1.27. The number of aromatic nitrogens is 1. The number of amides is 1. The first kappa shape index (κ1) is 14.0. The number of hydrogen-bond donors (Lipinski definition) is 1. The molecule has 1 N–H and O–H groups in total. The molecular weight excluding hydrogens is 236 g/mol. The molecule has 18 heavy (non-hydrogen) atoms. The van der Waals surface area contributed by atoms with Crippen LogP contribution >= 0.6 is 0 Å². The zero-order chi connectivity index (χ0) is 13.5. The first-order valence-electron chi connectivity index (χ1n) is 5.57. The summed E-state index contributed by atoms with van der Waals surface area (Å²) in [6.45, 7) is 3.82. The number of hydrogen-bond acceptors (Lipinski definition) is 5. The summed E-state index contributed by atoms with van der Waals surface area (Å²) in [7, 11) is 1.29. The second kappa shape index (κ2) is 6.58. The normalized spacial score (nSPS) is 10.6. The molecule has 0 unspecified atom stereocenters. The highest BCUT2D eigenvalue weighted by Crippen LogP contribution is 2.10. The quantitative estimate of drug-likeness (QED) is 0.624. The highest BCUT2D eigenvalue weighted by atomic mass is 16.5. The lowest BCUT2D eigenvalue weighted by Crippen LogP contribution is -2.23. The van der Waals surface area contributed by atoms with Crippen molar-refractivity contribution in [2.45, 2.75) is 20.3 Å². The Hall–Kier alpha value is -2.11. The zero-order valence-electron chi connectivity index (χ0n) is 10.6. The van der Waals surface area contributed by atoms with E-state index in [0.717, 1.165) is 0 Å². The molecule has 0 aromatic carbocycles. The van der Waals surface area contributed by atoms with Crippen LogP contribution in [0.1, 0.15) is 29.1 Å². The van der Waals surface area contributed by atoms with E-state index < -0.39 is 5.97 Å². The maximum Gasteiger partial charge on any atom is 0.330 e. The predicted octanol–water partition coefficient (Wildman–Crippen LogP) is 1.00. The topological polar surface area (TPSA) is 81.4 Å². The third kappa shape index (κ3) is 3.73. The van der Waals surface area contributed by atoms with Crippen LogP contribution in [0.2, 0.25) is 0 Å². The van der Waals surface area contributed by atoms with E-state index in [2.05, 4.69) is 15.0 Å². The molecule has 1 heterocycles. The van der Waals surface area contributed by atoms with Crippen molar-refractivity contribution in [2.24, 2.45) is 0 Å². The van der Waals surface area contributed by atoms with Gasteiger partial charge in [-0.25, -0.2) is 9.78 Å². The van der Waals surface area contributed by atoms with E-state index in [1.807, 2.05) is 6.92 Å². The summed E-state index contributed by atoms with van der Waals surface area (Å²) in [6.07, 6.45) is 3.37. The molecule has 1 rings (SSSR count). The molecule has 0 spiro atoms. The monoisotopic (exact) mass is 252 g/mol. The average molecular weight is 252 g/mol. The largest absolute Gasteiger partial charge is 0.466 e. The number of esters is 1. The first-order chi connectivity index (χ1) is 8.58. The van der Waals surface area contributed by atoms with Gasteiger partial charge in [0.25, 0.3) is 5.91 Å². The van der Waals surface area contributed by atoms with Gasteiger partial charge in [-0.05, 0) is 6.92 Å². The number of rotatable bonds is 5. The van der Waals surface area contributed by atoms with Crippen molar-refractivity contribution in [3.8, 4) is 0 Å². The number of oxazole rings is 1. The molecule has 98 valence electrons. The molecule has 6 nitrogen and oxygen atoms in total. The third-order valence-corrected chi connectivity index (χ3v) is 2.19. The molecule has 0 saturated heterocycles. The molecule has 0 aliphatic rings. The van der Waals surface area contributed by atoms with Gasteiger partial charge >= 0.3 is 5.97 Å². The highest BCUT2D eigenvalue weighted by Gasteiger charge is 2.15. The van der Waals surface area contributed by atoms with Gasteiger partial charge in [-0.15, -0.1) is 0 Å². The van der Waals surface area contributed by atoms with Gasteiger partial charge in [0.1, 0.15) is 0 Å². The third-order valence-electron chi connectivity index (χ3n) is 2.19. The summed E-state index contributed by atoms with van der Waals surface area (Å²) in [4.78, 5) is 26.6. The van der Waals surface area contributed by atoms with Gasteiger partial charge in [0.05, 0.1) is 12.8 Å². The number of methoxy groups -OCH3 is 1. The maximum atomic E-state index is 11.7. The van der Waals surface area contributed by atoms with Crippen LogP contribution in [0.3, 0.4) is 0 Å². The average Bonchev–Trinajstić information content (AvgIpc) is 2.75. The Morgan fingerprint density at radius 2 is 2.22 bits per heavy atom. The zero-order valence-corrected chi connectivity index (χ0v) is 10.6. The summed E-state index contributed by atoms with van der Waals surface area (Å²) in [5, 5.41) is 2.59. The van der Waals surface area contributed by atoms with Crippen molar-refractivity contribution in [3.63, 3.8) is 0 Å². The number of nitrogens with zero attached hydrogens (tertiary/aromatic N) is 1. The van der Waals surface area contributed by atoms with Gasteiger partial charge in [0, 0.05) is 19.0 Å². The van der Waals surface area contributed by atoms with Crippen LogP contribution in [-0.4, -0.2) is 30.5 Å². The Balaban J connectivity index is 2.52. The Kier molecular flexibility index (Phi) is 5.10. The van der Waals surface area contributed by atoms with E-state index in [1.54, 1.807) is 6.92 Å². The highest BCUT2D eigenvalue weighted by molar-refractivity contribution is 5.92. The van der Waals surface area contributed by atoms with E-state index in [1.165, 1.54) is 19.3 Å². The van der Waals surface area contributed by atoms with Crippen LogP contribution in [-0.2, 0) is 16.0 Å². The van der Waals surface area contributed by atoms with Crippen LogP contribution in [0, 0.1) is 6.92 Å². The molecule has 0 atom stereocenters. The lowest BCUT2D eigenvalue weighted by atomic mass is 10.3. The molecule has 1 aromatic rings. The molecule has 1 aromatic heterocycles. The number of carbonyl (C=O) groups is 2. The van der Waals surface area contributed by atoms with Crippen LogP contribution < -0.4 is 5.32 Å². The van der Waals surface area contributed by atoms with Crippen molar-refractivity contribution < 1.29 is 18.7 Å². The second-order valence-electron chi connectivity index (χ2n) is 3.51. The molecule has 0 saturated carbocycles. The number of carbonyl (C=O) groups excluding carboxylic acids is 2. The van der Waals surface area contributed by atoms with E-state index in [0.29, 0.717) is 18.0 Å². The molecule has 0 radical (unpaired) electrons. The van der Waals surface area contributed by atoms with Crippen molar-refractivity contribution >= 4 is 11.9 Å². The molecular formula is C12H16N2O4. The summed E-state index contributed by atoms with van der Waals surface area (Å²) in [6, 6.07) is 0. The fraction of sp³-hybridized carbons (Fsp3) is 0.417. The minimum absolute atomic E-state index is 0.207. The minimum atomic E-state index is -0.464. The molecule has 1 amide bonds. The molecule has 0 aliphatic carbocycles.